The largest absolute Gasteiger partial charge is 0.354 e. The van der Waals surface area contributed by atoms with Crippen LogP contribution < -0.4 is 5.73 Å². The van der Waals surface area contributed by atoms with E-state index in [4.69, 9.17) is 0 Å². The van der Waals surface area contributed by atoms with Crippen LogP contribution in [0.4, 0.5) is 0 Å². The second-order valence-electron chi connectivity index (χ2n) is 1.88. The Morgan fingerprint density at radius 2 is 2.22 bits per heavy atom. The second-order valence-corrected chi connectivity index (χ2v) is 3.13. The van der Waals surface area contributed by atoms with E-state index in [1.165, 1.54) is 9.13 Å². The first-order valence-electron chi connectivity index (χ1n) is 2.86. The van der Waals surface area contributed by atoms with Gasteiger partial charge < -0.3 is 5.73 Å². The van der Waals surface area contributed by atoms with Crippen LogP contribution in [0.1, 0.15) is 5.56 Å². The van der Waals surface area contributed by atoms with Crippen LogP contribution in [0.5, 0.6) is 0 Å². The van der Waals surface area contributed by atoms with Crippen LogP contribution >= 0.6 is 22.6 Å². The Hall–Kier alpha value is -0.0900. The van der Waals surface area contributed by atoms with Gasteiger partial charge in [0, 0.05) is 9.13 Å². The van der Waals surface area contributed by atoms with Crippen molar-refractivity contribution in [2.24, 2.45) is 0 Å². The predicted octanol–water partition coefficient (Wildman–Crippen LogP) is 1.03. The van der Waals surface area contributed by atoms with Crippen LogP contribution in [0, 0.1) is 3.57 Å². The first-order valence-corrected chi connectivity index (χ1v) is 3.94. The van der Waals surface area contributed by atoms with E-state index in [0.29, 0.717) is 0 Å². The monoisotopic (exact) mass is 234 g/mol. The molecule has 3 N–H and O–H groups in total. The Balaban J connectivity index is 2.94. The molecule has 0 radical (unpaired) electrons. The molecule has 0 aliphatic rings. The predicted molar refractivity (Wildman–Crippen MR) is 45.8 cm³/mol. The lowest BCUT2D eigenvalue weighted by Crippen LogP contribution is -2.47. The lowest BCUT2D eigenvalue weighted by atomic mass is 10.2. The molecule has 0 amide bonds. The molecule has 0 aromatic heterocycles. The summed E-state index contributed by atoms with van der Waals surface area (Å²) in [5.74, 6) is 0. The molecule has 0 saturated carbocycles. The molecule has 0 saturated heterocycles. The molecule has 1 aromatic carbocycles. The molecule has 0 bridgehead atoms. The van der Waals surface area contributed by atoms with Crippen molar-refractivity contribution in [1.29, 1.82) is 0 Å². The van der Waals surface area contributed by atoms with Crippen molar-refractivity contribution in [3.8, 4) is 0 Å². The summed E-state index contributed by atoms with van der Waals surface area (Å²) in [5, 5.41) is 0. The van der Waals surface area contributed by atoms with Crippen molar-refractivity contribution >= 4 is 22.6 Å². The molecule has 1 aromatic rings. The van der Waals surface area contributed by atoms with Gasteiger partial charge in [-0.05, 0) is 34.7 Å². The third-order valence-corrected chi connectivity index (χ3v) is 1.85. The van der Waals surface area contributed by atoms with Crippen molar-refractivity contribution in [2.75, 3.05) is 0 Å². The molecule has 9 heavy (non-hydrogen) atoms. The van der Waals surface area contributed by atoms with E-state index in [0.717, 1.165) is 6.54 Å². The van der Waals surface area contributed by atoms with E-state index in [-0.39, 0.29) is 0 Å². The number of hydrogen-bond acceptors (Lipinski definition) is 0. The van der Waals surface area contributed by atoms with Crippen LogP contribution in [0.2, 0.25) is 0 Å². The van der Waals surface area contributed by atoms with E-state index < -0.39 is 0 Å². The Morgan fingerprint density at radius 3 is 2.67 bits per heavy atom. The molecule has 0 unspecified atom stereocenters. The van der Waals surface area contributed by atoms with E-state index in [1.54, 1.807) is 0 Å². The molecule has 0 atom stereocenters. The maximum Gasteiger partial charge on any atom is 0.0997 e. The highest BCUT2D eigenvalue weighted by molar-refractivity contribution is 14.1. The Labute approximate surface area is 68.4 Å². The molecule has 0 fully saturated rings. The Bertz CT molecular complexity index is 198. The van der Waals surface area contributed by atoms with Crippen molar-refractivity contribution in [1.82, 2.24) is 0 Å². The van der Waals surface area contributed by atoms with Crippen LogP contribution in [-0.4, -0.2) is 0 Å². The third-order valence-electron chi connectivity index (χ3n) is 1.18. The summed E-state index contributed by atoms with van der Waals surface area (Å²) in [4.78, 5) is 0. The van der Waals surface area contributed by atoms with Crippen LogP contribution in [-0.2, 0) is 6.54 Å². The Kier molecular flexibility index (Phi) is 2.48. The van der Waals surface area contributed by atoms with E-state index in [1.807, 2.05) is 0 Å². The summed E-state index contributed by atoms with van der Waals surface area (Å²) in [5.41, 5.74) is 5.10. The first kappa shape index (κ1) is 7.02. The van der Waals surface area contributed by atoms with Crippen LogP contribution in [0.25, 0.3) is 0 Å². The van der Waals surface area contributed by atoms with E-state index >= 15 is 0 Å². The summed E-state index contributed by atoms with van der Waals surface area (Å²) in [6, 6.07) is 8.38. The molecule has 0 aliphatic heterocycles. The van der Waals surface area contributed by atoms with Gasteiger partial charge in [0.15, 0.2) is 0 Å². The fourth-order valence-electron chi connectivity index (χ4n) is 0.692. The van der Waals surface area contributed by atoms with Gasteiger partial charge in [-0.1, -0.05) is 12.1 Å². The SMILES string of the molecule is [NH3+]Cc1cccc(I)c1. The summed E-state index contributed by atoms with van der Waals surface area (Å²) < 4.78 is 1.29. The van der Waals surface area contributed by atoms with Crippen molar-refractivity contribution < 1.29 is 5.73 Å². The second kappa shape index (κ2) is 3.17. The van der Waals surface area contributed by atoms with Gasteiger partial charge in [-0.3, -0.25) is 0 Å². The highest BCUT2D eigenvalue weighted by Gasteiger charge is 1.89. The van der Waals surface area contributed by atoms with Gasteiger partial charge in [-0.2, -0.15) is 0 Å². The summed E-state index contributed by atoms with van der Waals surface area (Å²) in [7, 11) is 0. The van der Waals surface area contributed by atoms with Gasteiger partial charge in [-0.25, -0.2) is 0 Å². The average Bonchev–Trinajstić information content (AvgIpc) is 1.88. The van der Waals surface area contributed by atoms with Gasteiger partial charge in [0.1, 0.15) is 0 Å². The number of hydrogen-bond donors (Lipinski definition) is 1. The lowest BCUT2D eigenvalue weighted by molar-refractivity contribution is -0.386. The topological polar surface area (TPSA) is 27.6 Å². The third kappa shape index (κ3) is 1.95. The molecule has 2 heteroatoms. The highest BCUT2D eigenvalue weighted by Crippen LogP contribution is 2.05. The zero-order chi connectivity index (χ0) is 6.69. The molecular formula is C7H9IN+. The van der Waals surface area contributed by atoms with Crippen LogP contribution in [0.3, 0.4) is 0 Å². The molecule has 0 spiro atoms. The Morgan fingerprint density at radius 1 is 1.44 bits per heavy atom. The minimum atomic E-state index is 0.886. The van der Waals surface area contributed by atoms with Gasteiger partial charge in [-0.15, -0.1) is 0 Å². The first-order chi connectivity index (χ1) is 4.33. The van der Waals surface area contributed by atoms with E-state index in [2.05, 4.69) is 52.6 Å². The molecule has 0 aliphatic carbocycles. The van der Waals surface area contributed by atoms with Gasteiger partial charge in [0.25, 0.3) is 0 Å². The van der Waals surface area contributed by atoms with Crippen molar-refractivity contribution in [2.45, 2.75) is 6.54 Å². The van der Waals surface area contributed by atoms with Crippen molar-refractivity contribution in [3.63, 3.8) is 0 Å². The van der Waals surface area contributed by atoms with Gasteiger partial charge in [0.2, 0.25) is 0 Å². The molecule has 1 nitrogen and oxygen atoms in total. The summed E-state index contributed by atoms with van der Waals surface area (Å²) in [6.07, 6.45) is 0. The maximum absolute atomic E-state index is 3.79. The minimum absolute atomic E-state index is 0.886. The van der Waals surface area contributed by atoms with E-state index in [9.17, 15) is 0 Å². The summed E-state index contributed by atoms with van der Waals surface area (Å²) >= 11 is 2.30. The molecular weight excluding hydrogens is 225 g/mol. The standard InChI is InChI=1S/C7H8IN/c8-7-3-1-2-6(4-7)5-9/h1-4H,5,9H2/p+1. The number of quaternary nitrogens is 1. The average molecular weight is 234 g/mol. The minimum Gasteiger partial charge on any atom is -0.354 e. The van der Waals surface area contributed by atoms with Crippen molar-refractivity contribution in [3.05, 3.63) is 33.4 Å². The number of benzene rings is 1. The number of rotatable bonds is 1. The quantitative estimate of drug-likeness (QED) is 0.703. The fraction of sp³-hybridized carbons (Fsp3) is 0.143. The highest BCUT2D eigenvalue weighted by atomic mass is 127. The van der Waals surface area contributed by atoms with Gasteiger partial charge in [0.05, 0.1) is 6.54 Å². The smallest absolute Gasteiger partial charge is 0.0997 e. The molecule has 48 valence electrons. The maximum atomic E-state index is 3.79. The molecule has 0 heterocycles. The molecule has 1 rings (SSSR count). The zero-order valence-corrected chi connectivity index (χ0v) is 7.26. The van der Waals surface area contributed by atoms with Crippen LogP contribution in [0.15, 0.2) is 24.3 Å². The zero-order valence-electron chi connectivity index (χ0n) is 5.10. The normalized spacial score (nSPS) is 9.56. The van der Waals surface area contributed by atoms with Gasteiger partial charge >= 0.3 is 0 Å². The summed E-state index contributed by atoms with van der Waals surface area (Å²) in [6.45, 7) is 0.886. The fourth-order valence-corrected chi connectivity index (χ4v) is 1.30. The lowest BCUT2D eigenvalue weighted by Gasteiger charge is -1.92. The number of halogens is 1.